The average molecular weight is 396 g/mol. The molecule has 154 valence electrons. The molecule has 1 atom stereocenters. The number of anilines is 1. The van der Waals surface area contributed by atoms with Crippen LogP contribution in [0.15, 0.2) is 12.5 Å². The smallest absolute Gasteiger partial charge is 0.222 e. The molecular formula is C20H28N8O. The molecule has 0 radical (unpaired) electrons. The van der Waals surface area contributed by atoms with E-state index in [1.807, 2.05) is 34.3 Å². The second-order valence-corrected chi connectivity index (χ2v) is 7.53. The third-order valence-electron chi connectivity index (χ3n) is 5.72. The standard InChI is InChI=1S/C20H28N8O/c1-5-16(29)27-9-7-8-14(11-27)24-18-17-20(22-12-21-18)26(4)19(25-17)15-10-23-28(6-2)13(15)3/h10,12,14H,5-9,11H2,1-4H3,(H,21,22,24). The summed E-state index contributed by atoms with van der Waals surface area (Å²) in [5, 5.41) is 7.96. The van der Waals surface area contributed by atoms with Crippen LogP contribution in [0.3, 0.4) is 0 Å². The second kappa shape index (κ2) is 7.81. The maximum absolute atomic E-state index is 12.1. The molecule has 0 bridgehead atoms. The van der Waals surface area contributed by atoms with Crippen molar-refractivity contribution in [2.24, 2.45) is 7.05 Å². The van der Waals surface area contributed by atoms with E-state index in [1.54, 1.807) is 6.33 Å². The normalized spacial score (nSPS) is 17.1. The van der Waals surface area contributed by atoms with Gasteiger partial charge in [0.2, 0.25) is 5.91 Å². The van der Waals surface area contributed by atoms with Crippen LogP contribution in [0.1, 0.15) is 38.8 Å². The number of piperidine rings is 1. The van der Waals surface area contributed by atoms with Crippen molar-refractivity contribution in [1.82, 2.24) is 34.2 Å². The summed E-state index contributed by atoms with van der Waals surface area (Å²) < 4.78 is 3.95. The van der Waals surface area contributed by atoms with E-state index in [0.29, 0.717) is 18.8 Å². The molecule has 3 aromatic rings. The van der Waals surface area contributed by atoms with Gasteiger partial charge in [-0.15, -0.1) is 0 Å². The Morgan fingerprint density at radius 3 is 2.86 bits per heavy atom. The van der Waals surface area contributed by atoms with Crippen LogP contribution in [0, 0.1) is 6.92 Å². The summed E-state index contributed by atoms with van der Waals surface area (Å²) in [5.74, 6) is 1.74. The number of nitrogens with one attached hydrogen (secondary N) is 1. The fourth-order valence-electron chi connectivity index (χ4n) is 4.07. The van der Waals surface area contributed by atoms with Crippen LogP contribution in [0.5, 0.6) is 0 Å². The Hall–Kier alpha value is -2.97. The van der Waals surface area contributed by atoms with Crippen LogP contribution in [0.4, 0.5) is 5.82 Å². The fourth-order valence-corrected chi connectivity index (χ4v) is 4.07. The highest BCUT2D eigenvalue weighted by molar-refractivity contribution is 5.86. The summed E-state index contributed by atoms with van der Waals surface area (Å²) in [5.41, 5.74) is 3.59. The molecule has 9 heteroatoms. The molecule has 1 N–H and O–H groups in total. The number of carbonyl (C=O) groups is 1. The van der Waals surface area contributed by atoms with Crippen LogP contribution >= 0.6 is 0 Å². The van der Waals surface area contributed by atoms with Gasteiger partial charge in [-0.2, -0.15) is 5.10 Å². The molecule has 1 aliphatic heterocycles. The van der Waals surface area contributed by atoms with Crippen LogP contribution in [-0.2, 0) is 18.4 Å². The first-order valence-corrected chi connectivity index (χ1v) is 10.3. The van der Waals surface area contributed by atoms with E-state index >= 15 is 0 Å². The van der Waals surface area contributed by atoms with Crippen molar-refractivity contribution in [1.29, 1.82) is 0 Å². The average Bonchev–Trinajstić information content (AvgIpc) is 3.27. The molecule has 0 spiro atoms. The molecule has 3 aromatic heterocycles. The van der Waals surface area contributed by atoms with E-state index < -0.39 is 0 Å². The number of rotatable bonds is 5. The van der Waals surface area contributed by atoms with E-state index in [4.69, 9.17) is 4.98 Å². The van der Waals surface area contributed by atoms with Crippen molar-refractivity contribution in [2.45, 2.75) is 52.6 Å². The first kappa shape index (κ1) is 19.4. The molecule has 0 aromatic carbocycles. The lowest BCUT2D eigenvalue weighted by Crippen LogP contribution is -2.45. The van der Waals surface area contributed by atoms with E-state index in [0.717, 1.165) is 54.2 Å². The minimum atomic E-state index is 0.160. The van der Waals surface area contributed by atoms with Crippen molar-refractivity contribution < 1.29 is 4.79 Å². The van der Waals surface area contributed by atoms with Gasteiger partial charge in [0, 0.05) is 44.8 Å². The van der Waals surface area contributed by atoms with Gasteiger partial charge in [0.1, 0.15) is 12.2 Å². The maximum Gasteiger partial charge on any atom is 0.222 e. The van der Waals surface area contributed by atoms with Crippen LogP contribution in [-0.4, -0.2) is 59.2 Å². The number of hydrogen-bond donors (Lipinski definition) is 1. The highest BCUT2D eigenvalue weighted by atomic mass is 16.2. The summed E-state index contributed by atoms with van der Waals surface area (Å²) in [6, 6.07) is 0.160. The zero-order chi connectivity index (χ0) is 20.5. The van der Waals surface area contributed by atoms with E-state index in [2.05, 4.69) is 34.2 Å². The molecule has 1 aliphatic rings. The van der Waals surface area contributed by atoms with Gasteiger partial charge in [0.05, 0.1) is 11.8 Å². The first-order chi connectivity index (χ1) is 14.0. The fraction of sp³-hybridized carbons (Fsp3) is 0.550. The van der Waals surface area contributed by atoms with Crippen molar-refractivity contribution in [3.8, 4) is 11.4 Å². The highest BCUT2D eigenvalue weighted by Gasteiger charge is 2.25. The number of imidazole rings is 1. The van der Waals surface area contributed by atoms with Crippen molar-refractivity contribution in [3.63, 3.8) is 0 Å². The van der Waals surface area contributed by atoms with Crippen molar-refractivity contribution in [2.75, 3.05) is 18.4 Å². The van der Waals surface area contributed by atoms with Gasteiger partial charge in [0.15, 0.2) is 17.0 Å². The Morgan fingerprint density at radius 2 is 2.14 bits per heavy atom. The quantitative estimate of drug-likeness (QED) is 0.712. The Morgan fingerprint density at radius 1 is 1.31 bits per heavy atom. The molecule has 1 saturated heterocycles. The molecule has 0 saturated carbocycles. The molecule has 1 amide bonds. The number of nitrogens with zero attached hydrogens (tertiary/aromatic N) is 7. The third-order valence-corrected chi connectivity index (χ3v) is 5.72. The lowest BCUT2D eigenvalue weighted by molar-refractivity contribution is -0.131. The Kier molecular flexibility index (Phi) is 5.21. The highest BCUT2D eigenvalue weighted by Crippen LogP contribution is 2.28. The van der Waals surface area contributed by atoms with Gasteiger partial charge in [-0.3, -0.25) is 9.48 Å². The molecule has 1 unspecified atom stereocenters. The third kappa shape index (κ3) is 3.45. The van der Waals surface area contributed by atoms with E-state index in [9.17, 15) is 4.79 Å². The van der Waals surface area contributed by atoms with Gasteiger partial charge in [-0.05, 0) is 26.7 Å². The number of amides is 1. The summed E-state index contributed by atoms with van der Waals surface area (Å²) in [7, 11) is 1.96. The molecule has 1 fully saturated rings. The molecule has 4 rings (SSSR count). The number of carbonyl (C=O) groups excluding carboxylic acids is 1. The Balaban J connectivity index is 1.66. The van der Waals surface area contributed by atoms with Gasteiger partial charge < -0.3 is 14.8 Å². The van der Waals surface area contributed by atoms with Gasteiger partial charge >= 0.3 is 0 Å². The van der Waals surface area contributed by atoms with Crippen molar-refractivity contribution >= 4 is 22.9 Å². The molecule has 0 aliphatic carbocycles. The van der Waals surface area contributed by atoms with Gasteiger partial charge in [-0.1, -0.05) is 6.92 Å². The predicted octanol–water partition coefficient (Wildman–Crippen LogP) is 2.37. The zero-order valence-electron chi connectivity index (χ0n) is 17.5. The SMILES string of the molecule is CCC(=O)N1CCCC(Nc2ncnc3c2nc(-c2cnn(CC)c2C)n3C)C1. The summed E-state index contributed by atoms with van der Waals surface area (Å²) in [6.07, 6.45) is 5.95. The number of aromatic nitrogens is 6. The minimum absolute atomic E-state index is 0.160. The van der Waals surface area contributed by atoms with Gasteiger partial charge in [-0.25, -0.2) is 15.0 Å². The van der Waals surface area contributed by atoms with Gasteiger partial charge in [0.25, 0.3) is 0 Å². The number of likely N-dealkylation sites (tertiary alicyclic amines) is 1. The van der Waals surface area contributed by atoms with Crippen LogP contribution < -0.4 is 5.32 Å². The second-order valence-electron chi connectivity index (χ2n) is 7.53. The lowest BCUT2D eigenvalue weighted by atomic mass is 10.1. The maximum atomic E-state index is 12.1. The van der Waals surface area contributed by atoms with E-state index in [-0.39, 0.29) is 11.9 Å². The van der Waals surface area contributed by atoms with Crippen LogP contribution in [0.2, 0.25) is 0 Å². The molecule has 9 nitrogen and oxygen atoms in total. The number of aryl methyl sites for hydroxylation is 2. The zero-order valence-corrected chi connectivity index (χ0v) is 17.5. The van der Waals surface area contributed by atoms with Crippen LogP contribution in [0.25, 0.3) is 22.6 Å². The monoisotopic (exact) mass is 396 g/mol. The first-order valence-electron chi connectivity index (χ1n) is 10.3. The lowest BCUT2D eigenvalue weighted by Gasteiger charge is -2.33. The summed E-state index contributed by atoms with van der Waals surface area (Å²) >= 11 is 0. The molecule has 29 heavy (non-hydrogen) atoms. The number of fused-ring (bicyclic) bond motifs is 1. The Bertz CT molecular complexity index is 1040. The Labute approximate surface area is 170 Å². The molecule has 4 heterocycles. The largest absolute Gasteiger partial charge is 0.364 e. The topological polar surface area (TPSA) is 93.8 Å². The van der Waals surface area contributed by atoms with E-state index in [1.165, 1.54) is 0 Å². The summed E-state index contributed by atoms with van der Waals surface area (Å²) in [6.45, 7) is 8.38. The predicted molar refractivity (Wildman–Crippen MR) is 111 cm³/mol. The minimum Gasteiger partial charge on any atom is -0.364 e. The summed E-state index contributed by atoms with van der Waals surface area (Å²) in [4.78, 5) is 27.8. The van der Waals surface area contributed by atoms with Crippen molar-refractivity contribution in [3.05, 3.63) is 18.2 Å². The number of hydrogen-bond acceptors (Lipinski definition) is 6. The molecular weight excluding hydrogens is 368 g/mol.